The summed E-state index contributed by atoms with van der Waals surface area (Å²) in [4.78, 5) is 25.9. The first-order valence-electron chi connectivity index (χ1n) is 9.20. The zero-order valence-corrected chi connectivity index (χ0v) is 15.9. The van der Waals surface area contributed by atoms with E-state index in [4.69, 9.17) is 10.00 Å². The average molecular weight is 380 g/mol. The first kappa shape index (κ1) is 20.8. The summed E-state index contributed by atoms with van der Waals surface area (Å²) in [5.41, 5.74) is 1.16. The number of carbonyl (C=O) groups is 2. The smallest absolute Gasteiger partial charge is 0.410 e. The van der Waals surface area contributed by atoms with Crippen molar-refractivity contribution in [1.29, 1.82) is 5.26 Å². The van der Waals surface area contributed by atoms with Gasteiger partial charge in [0.25, 0.3) is 0 Å². The van der Waals surface area contributed by atoms with Gasteiger partial charge in [0, 0.05) is 30.5 Å². The highest BCUT2D eigenvalue weighted by Gasteiger charge is 2.18. The van der Waals surface area contributed by atoms with Crippen molar-refractivity contribution in [2.45, 2.75) is 26.2 Å². The van der Waals surface area contributed by atoms with Gasteiger partial charge in [0.05, 0.1) is 12.5 Å². The zero-order valence-electron chi connectivity index (χ0n) is 15.9. The van der Waals surface area contributed by atoms with Gasteiger partial charge >= 0.3 is 12.1 Å². The monoisotopic (exact) mass is 380 g/mol. The number of nitrogens with zero attached hydrogens (tertiary/aromatic N) is 2. The maximum Gasteiger partial charge on any atom is 0.419 e. The molecule has 0 fully saturated rings. The normalized spacial score (nSPS) is 9.86. The molecule has 2 N–H and O–H groups in total. The highest BCUT2D eigenvalue weighted by Crippen LogP contribution is 2.20. The fraction of sp³-hybridized carbons (Fsp3) is 0.286. The predicted molar refractivity (Wildman–Crippen MR) is 108 cm³/mol. The molecule has 0 saturated heterocycles. The second-order valence-corrected chi connectivity index (χ2v) is 6.03. The molecule has 0 unspecified atom stereocenters. The summed E-state index contributed by atoms with van der Waals surface area (Å²) in [5.74, 6) is 0.300. The molecule has 0 spiro atoms. The van der Waals surface area contributed by atoms with Gasteiger partial charge in [-0.05, 0) is 30.7 Å². The third-order valence-electron chi connectivity index (χ3n) is 3.85. The number of hydrogen-bond acceptors (Lipinski definition) is 4. The lowest BCUT2D eigenvalue weighted by atomic mass is 10.3. The van der Waals surface area contributed by atoms with Crippen LogP contribution < -0.4 is 20.3 Å². The molecule has 0 aliphatic rings. The molecule has 7 heteroatoms. The average Bonchev–Trinajstić information content (AvgIpc) is 2.69. The van der Waals surface area contributed by atoms with Gasteiger partial charge in [-0.15, -0.1) is 0 Å². The third kappa shape index (κ3) is 6.65. The topological polar surface area (TPSA) is 94.5 Å². The standard InChI is InChI=1S/C21H24N4O3/c1-2-3-14-23-20(26)24-17-9-7-12-19(16-17)28-21(27)25(15-8-13-22)18-10-5-4-6-11-18/h4-7,9-12,16H,2-3,8,14-15H2,1H3,(H2,23,24,26). The van der Waals surface area contributed by atoms with Crippen molar-refractivity contribution in [2.75, 3.05) is 23.3 Å². The van der Waals surface area contributed by atoms with E-state index in [-0.39, 0.29) is 19.0 Å². The summed E-state index contributed by atoms with van der Waals surface area (Å²) in [6.07, 6.45) is 1.49. The fourth-order valence-electron chi connectivity index (χ4n) is 2.44. The van der Waals surface area contributed by atoms with Gasteiger partial charge < -0.3 is 15.4 Å². The molecule has 7 nitrogen and oxygen atoms in total. The van der Waals surface area contributed by atoms with Crippen LogP contribution in [0.2, 0.25) is 0 Å². The number of carbonyl (C=O) groups excluding carboxylic acids is 2. The van der Waals surface area contributed by atoms with Crippen molar-refractivity contribution >= 4 is 23.5 Å². The molecule has 0 aromatic heterocycles. The maximum atomic E-state index is 12.6. The summed E-state index contributed by atoms with van der Waals surface area (Å²) in [7, 11) is 0. The SMILES string of the molecule is CCCCNC(=O)Nc1cccc(OC(=O)N(CCC#N)c2ccccc2)c1. The van der Waals surface area contributed by atoms with E-state index in [1.807, 2.05) is 31.2 Å². The molecule has 0 atom stereocenters. The Bertz CT molecular complexity index is 818. The van der Waals surface area contributed by atoms with Crippen molar-refractivity contribution in [3.8, 4) is 11.8 Å². The highest BCUT2D eigenvalue weighted by atomic mass is 16.6. The van der Waals surface area contributed by atoms with Gasteiger partial charge in [0.1, 0.15) is 5.75 Å². The Kier molecular flexibility index (Phi) is 8.34. The first-order valence-corrected chi connectivity index (χ1v) is 9.20. The van der Waals surface area contributed by atoms with Crippen LogP contribution >= 0.6 is 0 Å². The van der Waals surface area contributed by atoms with Crippen LogP contribution in [0.1, 0.15) is 26.2 Å². The lowest BCUT2D eigenvalue weighted by Crippen LogP contribution is -2.34. The van der Waals surface area contributed by atoms with Crippen molar-refractivity contribution in [3.05, 3.63) is 54.6 Å². The van der Waals surface area contributed by atoms with Crippen LogP contribution in [-0.2, 0) is 0 Å². The van der Waals surface area contributed by atoms with E-state index in [9.17, 15) is 9.59 Å². The quantitative estimate of drug-likeness (QED) is 0.658. The lowest BCUT2D eigenvalue weighted by molar-refractivity contribution is 0.207. The van der Waals surface area contributed by atoms with E-state index in [1.54, 1.807) is 36.4 Å². The number of amides is 3. The van der Waals surface area contributed by atoms with Crippen LogP contribution in [0, 0.1) is 11.3 Å². The number of nitrogens with one attached hydrogen (secondary N) is 2. The van der Waals surface area contributed by atoms with Crippen LogP contribution in [0.4, 0.5) is 21.0 Å². The molecule has 2 rings (SSSR count). The van der Waals surface area contributed by atoms with Gasteiger partial charge in [-0.1, -0.05) is 37.6 Å². The van der Waals surface area contributed by atoms with Gasteiger partial charge in [-0.2, -0.15) is 5.26 Å². The zero-order chi connectivity index (χ0) is 20.2. The summed E-state index contributed by atoms with van der Waals surface area (Å²) < 4.78 is 5.45. The minimum Gasteiger partial charge on any atom is -0.410 e. The molecule has 0 bridgehead atoms. The van der Waals surface area contributed by atoms with E-state index in [0.717, 1.165) is 12.8 Å². The van der Waals surface area contributed by atoms with Gasteiger partial charge in [0.2, 0.25) is 0 Å². The molecule has 3 amide bonds. The van der Waals surface area contributed by atoms with E-state index < -0.39 is 6.09 Å². The Balaban J connectivity index is 2.03. The van der Waals surface area contributed by atoms with Crippen molar-refractivity contribution < 1.29 is 14.3 Å². The molecule has 0 aliphatic heterocycles. The number of hydrogen-bond donors (Lipinski definition) is 2. The number of benzene rings is 2. The summed E-state index contributed by atoms with van der Waals surface area (Å²) in [6.45, 7) is 2.87. The number of para-hydroxylation sites is 1. The number of urea groups is 1. The van der Waals surface area contributed by atoms with Crippen molar-refractivity contribution in [1.82, 2.24) is 5.32 Å². The Morgan fingerprint density at radius 2 is 1.93 bits per heavy atom. The Morgan fingerprint density at radius 1 is 1.14 bits per heavy atom. The lowest BCUT2D eigenvalue weighted by Gasteiger charge is -2.21. The van der Waals surface area contributed by atoms with E-state index in [2.05, 4.69) is 10.6 Å². The largest absolute Gasteiger partial charge is 0.419 e. The van der Waals surface area contributed by atoms with Crippen molar-refractivity contribution in [3.63, 3.8) is 0 Å². The highest BCUT2D eigenvalue weighted by molar-refractivity contribution is 5.91. The Morgan fingerprint density at radius 3 is 2.64 bits per heavy atom. The number of anilines is 2. The molecule has 146 valence electrons. The fourth-order valence-corrected chi connectivity index (χ4v) is 2.44. The predicted octanol–water partition coefficient (Wildman–Crippen LogP) is 4.53. The Labute approximate surface area is 164 Å². The molecule has 0 radical (unpaired) electrons. The first-order chi connectivity index (χ1) is 13.6. The third-order valence-corrected chi connectivity index (χ3v) is 3.85. The van der Waals surface area contributed by atoms with Crippen LogP contribution in [0.3, 0.4) is 0 Å². The molecule has 28 heavy (non-hydrogen) atoms. The number of rotatable bonds is 8. The minimum atomic E-state index is -0.592. The van der Waals surface area contributed by atoms with Crippen molar-refractivity contribution in [2.24, 2.45) is 0 Å². The molecule has 0 heterocycles. The molecular weight excluding hydrogens is 356 g/mol. The maximum absolute atomic E-state index is 12.6. The number of nitriles is 1. The Hall–Kier alpha value is -3.53. The second-order valence-electron chi connectivity index (χ2n) is 6.03. The molecule has 0 aliphatic carbocycles. The molecule has 0 saturated carbocycles. The number of unbranched alkanes of at least 4 members (excludes halogenated alkanes) is 1. The molecule has 2 aromatic carbocycles. The van der Waals surface area contributed by atoms with Crippen LogP contribution in [0.15, 0.2) is 54.6 Å². The van der Waals surface area contributed by atoms with Gasteiger partial charge in [-0.25, -0.2) is 9.59 Å². The van der Waals surface area contributed by atoms with Crippen LogP contribution in [0.5, 0.6) is 5.75 Å². The van der Waals surface area contributed by atoms with Gasteiger partial charge in [0.15, 0.2) is 0 Å². The van der Waals surface area contributed by atoms with E-state index in [1.165, 1.54) is 4.90 Å². The van der Waals surface area contributed by atoms with Gasteiger partial charge in [-0.3, -0.25) is 4.90 Å². The number of ether oxygens (including phenoxy) is 1. The summed E-state index contributed by atoms with van der Waals surface area (Å²) in [5, 5.41) is 14.3. The summed E-state index contributed by atoms with van der Waals surface area (Å²) in [6, 6.07) is 17.3. The van der Waals surface area contributed by atoms with Crippen LogP contribution in [0.25, 0.3) is 0 Å². The minimum absolute atomic E-state index is 0.184. The van der Waals surface area contributed by atoms with Crippen LogP contribution in [-0.4, -0.2) is 25.2 Å². The molecule has 2 aromatic rings. The second kappa shape index (κ2) is 11.2. The van der Waals surface area contributed by atoms with E-state index in [0.29, 0.717) is 23.7 Å². The molecular formula is C21H24N4O3. The van der Waals surface area contributed by atoms with E-state index >= 15 is 0 Å². The summed E-state index contributed by atoms with van der Waals surface area (Å²) >= 11 is 0.